The third-order valence-electron chi connectivity index (χ3n) is 8.18. The van der Waals surface area contributed by atoms with Gasteiger partial charge in [0.1, 0.15) is 12.4 Å². The summed E-state index contributed by atoms with van der Waals surface area (Å²) in [5, 5.41) is 3.44. The molecule has 196 valence electrons. The smallest absolute Gasteiger partial charge is 0.251 e. The summed E-state index contributed by atoms with van der Waals surface area (Å²) >= 11 is 0. The van der Waals surface area contributed by atoms with Gasteiger partial charge in [0, 0.05) is 23.4 Å². The monoisotopic (exact) mass is 521 g/mol. The average molecular weight is 522 g/mol. The molecule has 1 aliphatic rings. The Balaban J connectivity index is 1.45. The van der Waals surface area contributed by atoms with E-state index in [4.69, 9.17) is 4.74 Å². The van der Waals surface area contributed by atoms with Crippen molar-refractivity contribution in [2.75, 3.05) is 0 Å². The lowest BCUT2D eigenvalue weighted by atomic mass is 9.93. The van der Waals surface area contributed by atoms with Crippen LogP contribution in [0.1, 0.15) is 44.5 Å². The van der Waals surface area contributed by atoms with Crippen LogP contribution in [0.3, 0.4) is 0 Å². The molecule has 0 saturated heterocycles. The first-order valence-corrected chi connectivity index (χ1v) is 13.9. The third kappa shape index (κ3) is 4.48. The minimum absolute atomic E-state index is 0.00729. The predicted octanol–water partition coefficient (Wildman–Crippen LogP) is 7.89. The van der Waals surface area contributed by atoms with Crippen LogP contribution in [0.4, 0.5) is 0 Å². The molecule has 0 unspecified atom stereocenters. The van der Waals surface area contributed by atoms with E-state index < -0.39 is 0 Å². The van der Waals surface area contributed by atoms with Crippen molar-refractivity contribution in [3.63, 3.8) is 0 Å². The number of ether oxygens (including phenoxy) is 1. The van der Waals surface area contributed by atoms with E-state index in [-0.39, 0.29) is 5.56 Å². The Bertz CT molecular complexity index is 1950. The molecule has 0 bridgehead atoms. The Morgan fingerprint density at radius 1 is 0.675 bits per heavy atom. The normalized spacial score (nSPS) is 12.6. The zero-order chi connectivity index (χ0) is 27.2. The van der Waals surface area contributed by atoms with Crippen molar-refractivity contribution in [2.24, 2.45) is 0 Å². The molecule has 0 N–H and O–H groups in total. The molecule has 0 fully saturated rings. The number of fused-ring (bicyclic) bond motifs is 2. The van der Waals surface area contributed by atoms with Crippen LogP contribution < -0.4 is 10.3 Å². The molecule has 1 aliphatic heterocycles. The highest BCUT2D eigenvalue weighted by Gasteiger charge is 2.22. The van der Waals surface area contributed by atoms with Gasteiger partial charge in [-0.15, -0.1) is 0 Å². The van der Waals surface area contributed by atoms with Crippen LogP contribution in [-0.4, -0.2) is 4.57 Å². The largest absolute Gasteiger partial charge is 0.486 e. The first-order chi connectivity index (χ1) is 19.5. The average Bonchev–Trinajstić information content (AvgIpc) is 2.95. The second-order valence-corrected chi connectivity index (χ2v) is 11.1. The molecular formula is C37H31NO2. The molecule has 0 spiro atoms. The maximum atomic E-state index is 13.5. The number of hydrogen-bond acceptors (Lipinski definition) is 2. The molecule has 0 amide bonds. The molecule has 40 heavy (non-hydrogen) atoms. The molecule has 1 aromatic heterocycles. The van der Waals surface area contributed by atoms with Crippen molar-refractivity contribution < 1.29 is 4.74 Å². The summed E-state index contributed by atoms with van der Waals surface area (Å²) in [5.74, 6) is 0.819. The van der Waals surface area contributed by atoms with E-state index in [1.54, 1.807) is 6.07 Å². The van der Waals surface area contributed by atoms with Gasteiger partial charge in [0.05, 0.1) is 12.1 Å². The Morgan fingerprint density at radius 2 is 1.27 bits per heavy atom. The molecular weight excluding hydrogens is 490 g/mol. The Labute approximate surface area is 234 Å². The van der Waals surface area contributed by atoms with E-state index in [1.807, 2.05) is 10.6 Å². The van der Waals surface area contributed by atoms with Gasteiger partial charge in [0.25, 0.3) is 5.56 Å². The van der Waals surface area contributed by atoms with Crippen LogP contribution in [0.5, 0.6) is 5.75 Å². The number of rotatable bonds is 4. The first-order valence-electron chi connectivity index (χ1n) is 13.9. The highest BCUT2D eigenvalue weighted by Crippen LogP contribution is 2.37. The minimum atomic E-state index is -0.00729. The Hall–Kier alpha value is -4.63. The summed E-state index contributed by atoms with van der Waals surface area (Å²) in [5.41, 5.74) is 10.4. The van der Waals surface area contributed by atoms with Crippen molar-refractivity contribution in [3.05, 3.63) is 158 Å². The Kier molecular flexibility index (Phi) is 6.00. The van der Waals surface area contributed by atoms with Crippen LogP contribution in [0.15, 0.2) is 108 Å². The van der Waals surface area contributed by atoms with Crippen LogP contribution >= 0.6 is 0 Å². The summed E-state index contributed by atoms with van der Waals surface area (Å²) in [6, 6.07) is 36.2. The van der Waals surface area contributed by atoms with Crippen molar-refractivity contribution in [1.82, 2.24) is 4.57 Å². The number of aromatic nitrogens is 1. The van der Waals surface area contributed by atoms with E-state index in [0.717, 1.165) is 46.2 Å². The fourth-order valence-corrected chi connectivity index (χ4v) is 5.97. The van der Waals surface area contributed by atoms with E-state index in [9.17, 15) is 4.79 Å². The second kappa shape index (κ2) is 9.84. The zero-order valence-electron chi connectivity index (χ0n) is 22.9. The molecule has 5 aromatic carbocycles. The van der Waals surface area contributed by atoms with Gasteiger partial charge in [0.15, 0.2) is 0 Å². The summed E-state index contributed by atoms with van der Waals surface area (Å²) in [6.45, 7) is 5.21. The molecule has 0 radical (unpaired) electrons. The van der Waals surface area contributed by atoms with Crippen molar-refractivity contribution in [2.45, 2.75) is 39.8 Å². The summed E-state index contributed by atoms with van der Waals surface area (Å²) in [4.78, 5) is 13.5. The van der Waals surface area contributed by atoms with Crippen LogP contribution in [0.25, 0.3) is 21.7 Å². The van der Waals surface area contributed by atoms with E-state index in [1.165, 1.54) is 38.6 Å². The molecule has 3 nitrogen and oxygen atoms in total. The summed E-state index contributed by atoms with van der Waals surface area (Å²) in [6.07, 6.45) is 1.53. The molecule has 6 aromatic rings. The first kappa shape index (κ1) is 24.4. The molecule has 7 rings (SSSR count). The number of benzene rings is 5. The molecule has 0 aliphatic carbocycles. The van der Waals surface area contributed by atoms with Gasteiger partial charge < -0.3 is 9.30 Å². The fourth-order valence-electron chi connectivity index (χ4n) is 5.97. The lowest BCUT2D eigenvalue weighted by Gasteiger charge is -2.25. The van der Waals surface area contributed by atoms with Crippen molar-refractivity contribution in [3.8, 4) is 5.75 Å². The zero-order valence-corrected chi connectivity index (χ0v) is 22.9. The number of aryl methyl sites for hydroxylation is 2. The lowest BCUT2D eigenvalue weighted by molar-refractivity contribution is 0.302. The Morgan fingerprint density at radius 3 is 1.93 bits per heavy atom. The molecule has 3 heteroatoms. The topological polar surface area (TPSA) is 31.2 Å². The van der Waals surface area contributed by atoms with E-state index in [0.29, 0.717) is 13.2 Å². The van der Waals surface area contributed by atoms with Gasteiger partial charge in [-0.1, -0.05) is 90.0 Å². The standard InChI is InChI=1S/C37H31NO2/c1-24-7-11-26(12-8-24)17-30-21-31(18-27-13-9-25(2)10-14-27)37-36-34(30)15-16-35(39)38(36)22-32-19-28-5-3-4-6-29(28)20-33(32)23-40-37/h3-16,19-21H,17-18,22-23H2,1-2H3. The fraction of sp³-hybridized carbons (Fsp3) is 0.162. The highest BCUT2D eigenvalue weighted by atomic mass is 16.5. The van der Waals surface area contributed by atoms with Gasteiger partial charge in [-0.25, -0.2) is 0 Å². The summed E-state index contributed by atoms with van der Waals surface area (Å²) in [7, 11) is 0. The van der Waals surface area contributed by atoms with Crippen LogP contribution in [-0.2, 0) is 26.0 Å². The van der Waals surface area contributed by atoms with Crippen molar-refractivity contribution in [1.29, 1.82) is 0 Å². The molecule has 0 saturated carbocycles. The summed E-state index contributed by atoms with van der Waals surface area (Å²) < 4.78 is 8.64. The number of hydrogen-bond donors (Lipinski definition) is 0. The predicted molar refractivity (Wildman–Crippen MR) is 164 cm³/mol. The number of pyridine rings is 1. The van der Waals surface area contributed by atoms with E-state index in [2.05, 4.69) is 105 Å². The van der Waals surface area contributed by atoms with E-state index >= 15 is 0 Å². The van der Waals surface area contributed by atoms with Gasteiger partial charge in [-0.05, 0) is 77.1 Å². The van der Waals surface area contributed by atoms with Gasteiger partial charge in [-0.2, -0.15) is 0 Å². The van der Waals surface area contributed by atoms with Crippen LogP contribution in [0, 0.1) is 13.8 Å². The third-order valence-corrected chi connectivity index (χ3v) is 8.18. The minimum Gasteiger partial charge on any atom is -0.486 e. The SMILES string of the molecule is Cc1ccc(Cc2cc(Cc3ccc(C)cc3)c3ccc(=O)n4c3c2OCc2cc3ccccc3cc2C4)cc1. The number of nitrogens with zero attached hydrogens (tertiary/aromatic N) is 1. The van der Waals surface area contributed by atoms with Gasteiger partial charge >= 0.3 is 0 Å². The van der Waals surface area contributed by atoms with Crippen LogP contribution in [0.2, 0.25) is 0 Å². The quantitative estimate of drug-likeness (QED) is 0.236. The van der Waals surface area contributed by atoms with Gasteiger partial charge in [0.2, 0.25) is 0 Å². The molecule has 0 atom stereocenters. The van der Waals surface area contributed by atoms with Crippen molar-refractivity contribution >= 4 is 21.7 Å². The lowest BCUT2D eigenvalue weighted by Crippen LogP contribution is -2.24. The van der Waals surface area contributed by atoms with Gasteiger partial charge in [-0.3, -0.25) is 4.79 Å². The maximum Gasteiger partial charge on any atom is 0.251 e. The second-order valence-electron chi connectivity index (χ2n) is 11.1. The highest BCUT2D eigenvalue weighted by molar-refractivity contribution is 5.90. The molecule has 2 heterocycles. The maximum absolute atomic E-state index is 13.5.